The van der Waals surface area contributed by atoms with Crippen LogP contribution in [0.2, 0.25) is 5.02 Å². The van der Waals surface area contributed by atoms with Crippen LogP contribution in [0.25, 0.3) is 22.2 Å². The molecule has 30 heavy (non-hydrogen) atoms. The molecule has 0 atom stereocenters. The Bertz CT molecular complexity index is 1220. The standard InChI is InChI=1S/C22H15ClF4N2O/c1-30-16-9-6-13(7-10-16)21-17-3-2-4-18(22(25,26)27)20(17)28-29(21)12-14-5-8-15(23)11-19(14)24/h2-11H,12H2,1H3. The summed E-state index contributed by atoms with van der Waals surface area (Å²) in [4.78, 5) is 0. The Morgan fingerprint density at radius 3 is 2.40 bits per heavy atom. The Hall–Kier alpha value is -3.06. The molecule has 0 unspecified atom stereocenters. The summed E-state index contributed by atoms with van der Waals surface area (Å²) in [5, 5.41) is 4.78. The predicted molar refractivity (Wildman–Crippen MR) is 107 cm³/mol. The van der Waals surface area contributed by atoms with Crippen LogP contribution in [0.1, 0.15) is 11.1 Å². The van der Waals surface area contributed by atoms with Gasteiger partial charge in [0.25, 0.3) is 0 Å². The van der Waals surface area contributed by atoms with E-state index in [4.69, 9.17) is 16.3 Å². The topological polar surface area (TPSA) is 27.1 Å². The number of ether oxygens (including phenoxy) is 1. The van der Waals surface area contributed by atoms with E-state index in [1.165, 1.54) is 30.0 Å². The molecule has 0 saturated carbocycles. The van der Waals surface area contributed by atoms with Crippen LogP contribution in [0.3, 0.4) is 0 Å². The number of rotatable bonds is 4. The Morgan fingerprint density at radius 1 is 1.03 bits per heavy atom. The summed E-state index contributed by atoms with van der Waals surface area (Å²) in [5.74, 6) is 0.0487. The van der Waals surface area contributed by atoms with Crippen molar-refractivity contribution in [2.45, 2.75) is 12.7 Å². The summed E-state index contributed by atoms with van der Waals surface area (Å²) in [6.45, 7) is -0.0592. The minimum absolute atomic E-state index is 0.0592. The number of benzene rings is 3. The molecule has 8 heteroatoms. The lowest BCUT2D eigenvalue weighted by Gasteiger charge is -2.10. The van der Waals surface area contributed by atoms with E-state index in [0.717, 1.165) is 12.1 Å². The van der Waals surface area contributed by atoms with Crippen molar-refractivity contribution in [3.63, 3.8) is 0 Å². The largest absolute Gasteiger partial charge is 0.497 e. The van der Waals surface area contributed by atoms with Gasteiger partial charge in [0.05, 0.1) is 24.9 Å². The molecule has 1 aromatic heterocycles. The fraction of sp³-hybridized carbons (Fsp3) is 0.136. The van der Waals surface area contributed by atoms with Gasteiger partial charge in [-0.15, -0.1) is 0 Å². The molecule has 3 aromatic carbocycles. The molecule has 0 fully saturated rings. The molecule has 0 aliphatic carbocycles. The fourth-order valence-corrected chi connectivity index (χ4v) is 3.52. The van der Waals surface area contributed by atoms with Gasteiger partial charge in [-0.25, -0.2) is 4.39 Å². The second-order valence-electron chi connectivity index (χ2n) is 6.67. The quantitative estimate of drug-likeness (QED) is 0.339. The summed E-state index contributed by atoms with van der Waals surface area (Å²) in [6.07, 6.45) is -4.57. The normalized spacial score (nSPS) is 11.8. The number of alkyl halides is 3. The summed E-state index contributed by atoms with van der Waals surface area (Å²) in [7, 11) is 1.52. The van der Waals surface area contributed by atoms with E-state index < -0.39 is 17.6 Å². The van der Waals surface area contributed by atoms with Crippen LogP contribution in [0, 0.1) is 5.82 Å². The Labute approximate surface area is 174 Å². The first-order valence-electron chi connectivity index (χ1n) is 8.93. The molecule has 0 saturated heterocycles. The van der Waals surface area contributed by atoms with Crippen LogP contribution in [-0.2, 0) is 12.7 Å². The lowest BCUT2D eigenvalue weighted by molar-refractivity contribution is -0.136. The van der Waals surface area contributed by atoms with E-state index in [1.54, 1.807) is 30.3 Å². The minimum Gasteiger partial charge on any atom is -0.497 e. The highest BCUT2D eigenvalue weighted by molar-refractivity contribution is 6.30. The molecule has 0 N–H and O–H groups in total. The van der Waals surface area contributed by atoms with E-state index in [-0.39, 0.29) is 22.6 Å². The molecule has 4 rings (SSSR count). The van der Waals surface area contributed by atoms with E-state index >= 15 is 0 Å². The van der Waals surface area contributed by atoms with Crippen LogP contribution in [-0.4, -0.2) is 16.9 Å². The van der Waals surface area contributed by atoms with Crippen molar-refractivity contribution in [3.8, 4) is 17.0 Å². The number of halogens is 5. The lowest BCUT2D eigenvalue weighted by Crippen LogP contribution is -2.07. The summed E-state index contributed by atoms with van der Waals surface area (Å²) in [5.41, 5.74) is 0.311. The highest BCUT2D eigenvalue weighted by Crippen LogP contribution is 2.38. The Balaban J connectivity index is 1.94. The molecule has 0 radical (unpaired) electrons. The van der Waals surface area contributed by atoms with E-state index in [1.807, 2.05) is 0 Å². The summed E-state index contributed by atoms with van der Waals surface area (Å²) >= 11 is 5.81. The van der Waals surface area contributed by atoms with Gasteiger partial charge < -0.3 is 4.74 Å². The molecular weight excluding hydrogens is 420 g/mol. The number of methoxy groups -OCH3 is 1. The Morgan fingerprint density at radius 2 is 1.77 bits per heavy atom. The molecule has 0 amide bonds. The van der Waals surface area contributed by atoms with Crippen molar-refractivity contribution in [1.29, 1.82) is 0 Å². The van der Waals surface area contributed by atoms with Crippen molar-refractivity contribution < 1.29 is 22.3 Å². The molecule has 0 aliphatic rings. The first kappa shape index (κ1) is 20.2. The van der Waals surface area contributed by atoms with Gasteiger partial charge in [-0.3, -0.25) is 4.68 Å². The highest BCUT2D eigenvalue weighted by Gasteiger charge is 2.34. The van der Waals surface area contributed by atoms with Crippen LogP contribution in [0.5, 0.6) is 5.75 Å². The van der Waals surface area contributed by atoms with Crippen molar-refractivity contribution in [1.82, 2.24) is 9.78 Å². The zero-order valence-electron chi connectivity index (χ0n) is 15.7. The van der Waals surface area contributed by atoms with Crippen molar-refractivity contribution in [2.75, 3.05) is 7.11 Å². The van der Waals surface area contributed by atoms with Gasteiger partial charge in [-0.2, -0.15) is 18.3 Å². The van der Waals surface area contributed by atoms with Gasteiger partial charge >= 0.3 is 6.18 Å². The second kappa shape index (κ2) is 7.65. The maximum absolute atomic E-state index is 14.4. The highest BCUT2D eigenvalue weighted by atomic mass is 35.5. The fourth-order valence-electron chi connectivity index (χ4n) is 3.36. The molecule has 1 heterocycles. The van der Waals surface area contributed by atoms with E-state index in [2.05, 4.69) is 5.10 Å². The smallest absolute Gasteiger partial charge is 0.418 e. The monoisotopic (exact) mass is 434 g/mol. The van der Waals surface area contributed by atoms with Gasteiger partial charge in [0.15, 0.2) is 0 Å². The molecule has 0 aliphatic heterocycles. The zero-order chi connectivity index (χ0) is 21.5. The van der Waals surface area contributed by atoms with Crippen molar-refractivity contribution in [3.05, 3.63) is 82.6 Å². The zero-order valence-corrected chi connectivity index (χ0v) is 16.4. The number of hydrogen-bond donors (Lipinski definition) is 0. The van der Waals surface area contributed by atoms with Gasteiger partial charge in [-0.05, 0) is 42.5 Å². The molecule has 4 aromatic rings. The number of aromatic nitrogens is 2. The van der Waals surface area contributed by atoms with E-state index in [0.29, 0.717) is 22.4 Å². The van der Waals surface area contributed by atoms with Crippen LogP contribution < -0.4 is 4.74 Å². The number of fused-ring (bicyclic) bond motifs is 1. The first-order valence-corrected chi connectivity index (χ1v) is 9.31. The third-order valence-corrected chi connectivity index (χ3v) is 5.01. The van der Waals surface area contributed by atoms with Crippen LogP contribution in [0.15, 0.2) is 60.7 Å². The predicted octanol–water partition coefficient (Wildman–Crippen LogP) is 6.57. The van der Waals surface area contributed by atoms with Gasteiger partial charge in [0.2, 0.25) is 0 Å². The van der Waals surface area contributed by atoms with Gasteiger partial charge in [0.1, 0.15) is 17.1 Å². The molecule has 3 nitrogen and oxygen atoms in total. The molecule has 0 bridgehead atoms. The van der Waals surface area contributed by atoms with Crippen molar-refractivity contribution >= 4 is 22.5 Å². The Kier molecular flexibility index (Phi) is 5.15. The average molecular weight is 435 g/mol. The number of nitrogens with zero attached hydrogens (tertiary/aromatic N) is 2. The van der Waals surface area contributed by atoms with Gasteiger partial charge in [0, 0.05) is 21.5 Å². The van der Waals surface area contributed by atoms with Gasteiger partial charge in [-0.1, -0.05) is 29.8 Å². The molecule has 154 valence electrons. The summed E-state index contributed by atoms with van der Waals surface area (Å²) in [6, 6.07) is 14.9. The summed E-state index contributed by atoms with van der Waals surface area (Å²) < 4.78 is 61.6. The van der Waals surface area contributed by atoms with E-state index in [9.17, 15) is 17.6 Å². The SMILES string of the molecule is COc1ccc(-c2c3cccc(C(F)(F)F)c3nn2Cc2ccc(Cl)cc2F)cc1. The average Bonchev–Trinajstić information content (AvgIpc) is 3.07. The molecular formula is C22H15ClF4N2O. The maximum Gasteiger partial charge on any atom is 0.418 e. The third kappa shape index (κ3) is 3.73. The molecule has 0 spiro atoms. The van der Waals surface area contributed by atoms with Crippen LogP contribution >= 0.6 is 11.6 Å². The van der Waals surface area contributed by atoms with Crippen LogP contribution in [0.4, 0.5) is 17.6 Å². The number of hydrogen-bond acceptors (Lipinski definition) is 2. The van der Waals surface area contributed by atoms with Crippen molar-refractivity contribution in [2.24, 2.45) is 0 Å². The second-order valence-corrected chi connectivity index (χ2v) is 7.11. The lowest BCUT2D eigenvalue weighted by atomic mass is 10.0. The maximum atomic E-state index is 14.4. The first-order chi connectivity index (χ1) is 14.3. The third-order valence-electron chi connectivity index (χ3n) is 4.77. The minimum atomic E-state index is -4.57.